The summed E-state index contributed by atoms with van der Waals surface area (Å²) in [6.45, 7) is 0. The molecule has 11 heavy (non-hydrogen) atoms. The van der Waals surface area contributed by atoms with Crippen molar-refractivity contribution in [1.82, 2.24) is 0 Å². The van der Waals surface area contributed by atoms with Gasteiger partial charge < -0.3 is 0 Å². The number of hydrogen-bond acceptors (Lipinski definition) is 0. The Bertz CT molecular complexity index is 273. The molecule has 0 nitrogen and oxygen atoms in total. The smallest absolute Gasteiger partial charge is 0.0566 e. The largest absolute Gasteiger partial charge is 0.122 e. The highest BCUT2D eigenvalue weighted by Gasteiger charge is 2.04. The van der Waals surface area contributed by atoms with Gasteiger partial charge in [0.25, 0.3) is 0 Å². The lowest BCUT2D eigenvalue weighted by Crippen LogP contribution is -1.81. The van der Waals surface area contributed by atoms with E-state index < -0.39 is 0 Å². The van der Waals surface area contributed by atoms with E-state index in [1.165, 1.54) is 0 Å². The van der Waals surface area contributed by atoms with Crippen LogP contribution in [0.1, 0.15) is 5.56 Å². The van der Waals surface area contributed by atoms with E-state index in [2.05, 4.69) is 15.9 Å². The van der Waals surface area contributed by atoms with E-state index in [1.807, 2.05) is 0 Å². The summed E-state index contributed by atoms with van der Waals surface area (Å²) in [5.41, 5.74) is 0.907. The van der Waals surface area contributed by atoms with Crippen LogP contribution in [0.3, 0.4) is 0 Å². The summed E-state index contributed by atoms with van der Waals surface area (Å²) < 4.78 is 0.818. The molecule has 1 aromatic carbocycles. The highest BCUT2D eigenvalue weighted by Crippen LogP contribution is 2.30. The minimum absolute atomic E-state index is 0.404. The SMILES string of the molecule is ClCc1cc(Cl)cc(Cl)c1Br. The summed E-state index contributed by atoms with van der Waals surface area (Å²) in [4.78, 5) is 0. The van der Waals surface area contributed by atoms with Crippen LogP contribution in [0, 0.1) is 0 Å². The third kappa shape index (κ3) is 2.25. The molecule has 4 heteroatoms. The lowest BCUT2D eigenvalue weighted by Gasteiger charge is -2.02. The summed E-state index contributed by atoms with van der Waals surface area (Å²) >= 11 is 20.5. The first-order valence-electron chi connectivity index (χ1n) is 2.84. The van der Waals surface area contributed by atoms with Crippen LogP contribution in [0.25, 0.3) is 0 Å². The van der Waals surface area contributed by atoms with Gasteiger partial charge in [0, 0.05) is 15.4 Å². The van der Waals surface area contributed by atoms with Crippen molar-refractivity contribution >= 4 is 50.7 Å². The number of hydrogen-bond donors (Lipinski definition) is 0. The Kier molecular flexibility index (Phi) is 3.51. The normalized spacial score (nSPS) is 10.2. The number of rotatable bonds is 1. The van der Waals surface area contributed by atoms with E-state index in [1.54, 1.807) is 12.1 Å². The lowest BCUT2D eigenvalue weighted by molar-refractivity contribution is 1.37. The Hall–Kier alpha value is 0.570. The average Bonchev–Trinajstić information content (AvgIpc) is 1.96. The Morgan fingerprint density at radius 1 is 1.27 bits per heavy atom. The zero-order chi connectivity index (χ0) is 8.43. The molecular weight excluding hydrogens is 270 g/mol. The molecule has 0 fully saturated rings. The Morgan fingerprint density at radius 2 is 1.91 bits per heavy atom. The molecule has 0 amide bonds. The number of benzene rings is 1. The van der Waals surface area contributed by atoms with Crippen LogP contribution in [0.15, 0.2) is 16.6 Å². The van der Waals surface area contributed by atoms with Crippen molar-refractivity contribution in [3.63, 3.8) is 0 Å². The maximum atomic E-state index is 5.81. The van der Waals surface area contributed by atoms with Gasteiger partial charge in [-0.05, 0) is 33.6 Å². The Morgan fingerprint density at radius 3 is 2.45 bits per heavy atom. The molecule has 0 aliphatic heterocycles. The van der Waals surface area contributed by atoms with E-state index >= 15 is 0 Å². The van der Waals surface area contributed by atoms with Gasteiger partial charge in [0.1, 0.15) is 0 Å². The minimum Gasteiger partial charge on any atom is -0.122 e. The molecule has 0 aliphatic rings. The van der Waals surface area contributed by atoms with Gasteiger partial charge in [-0.3, -0.25) is 0 Å². The predicted molar refractivity (Wildman–Crippen MR) is 53.7 cm³/mol. The molecule has 0 saturated carbocycles. The molecule has 0 spiro atoms. The third-order valence-corrected chi connectivity index (χ3v) is 3.18. The minimum atomic E-state index is 0.404. The molecule has 0 atom stereocenters. The molecule has 0 aromatic heterocycles. The molecule has 0 N–H and O–H groups in total. The van der Waals surface area contributed by atoms with Gasteiger partial charge in [-0.25, -0.2) is 0 Å². The van der Waals surface area contributed by atoms with Gasteiger partial charge in [-0.15, -0.1) is 11.6 Å². The van der Waals surface area contributed by atoms with E-state index in [4.69, 9.17) is 34.8 Å². The molecule has 0 bridgehead atoms. The van der Waals surface area contributed by atoms with Gasteiger partial charge in [0.05, 0.1) is 5.02 Å². The first kappa shape index (κ1) is 9.66. The molecule has 1 aromatic rings. The van der Waals surface area contributed by atoms with E-state index in [-0.39, 0.29) is 0 Å². The van der Waals surface area contributed by atoms with Crippen LogP contribution in [-0.2, 0) is 5.88 Å². The van der Waals surface area contributed by atoms with Crippen molar-refractivity contribution in [2.45, 2.75) is 5.88 Å². The second kappa shape index (κ2) is 3.99. The highest BCUT2D eigenvalue weighted by atomic mass is 79.9. The van der Waals surface area contributed by atoms with Crippen molar-refractivity contribution < 1.29 is 0 Å². The monoisotopic (exact) mass is 272 g/mol. The standard InChI is InChI=1S/C7H4BrCl3/c8-7-4(3-9)1-5(10)2-6(7)11/h1-2H,3H2. The Balaban J connectivity index is 3.24. The van der Waals surface area contributed by atoms with E-state index in [9.17, 15) is 0 Å². The molecule has 0 aliphatic carbocycles. The molecule has 0 unspecified atom stereocenters. The fourth-order valence-electron chi connectivity index (χ4n) is 0.707. The van der Waals surface area contributed by atoms with Crippen LogP contribution >= 0.6 is 50.7 Å². The second-order valence-corrected chi connectivity index (χ2v) is 3.90. The number of alkyl halides is 1. The van der Waals surface area contributed by atoms with Gasteiger partial charge in [0.15, 0.2) is 0 Å². The maximum Gasteiger partial charge on any atom is 0.0566 e. The van der Waals surface area contributed by atoms with Crippen molar-refractivity contribution in [2.24, 2.45) is 0 Å². The predicted octanol–water partition coefficient (Wildman–Crippen LogP) is 4.49. The quantitative estimate of drug-likeness (QED) is 0.522. The van der Waals surface area contributed by atoms with Gasteiger partial charge in [-0.1, -0.05) is 23.2 Å². The lowest BCUT2D eigenvalue weighted by atomic mass is 10.2. The van der Waals surface area contributed by atoms with Crippen molar-refractivity contribution in [1.29, 1.82) is 0 Å². The average molecular weight is 274 g/mol. The Labute approximate surface area is 88.6 Å². The van der Waals surface area contributed by atoms with Crippen LogP contribution in [0.2, 0.25) is 10.0 Å². The van der Waals surface area contributed by atoms with Gasteiger partial charge in [-0.2, -0.15) is 0 Å². The van der Waals surface area contributed by atoms with Gasteiger partial charge >= 0.3 is 0 Å². The second-order valence-electron chi connectivity index (χ2n) is 1.99. The van der Waals surface area contributed by atoms with Crippen molar-refractivity contribution in [3.8, 4) is 0 Å². The topological polar surface area (TPSA) is 0 Å². The van der Waals surface area contributed by atoms with E-state index in [0.717, 1.165) is 10.0 Å². The van der Waals surface area contributed by atoms with Crippen molar-refractivity contribution in [2.75, 3.05) is 0 Å². The first-order valence-corrected chi connectivity index (χ1v) is 4.93. The molecule has 0 heterocycles. The van der Waals surface area contributed by atoms with Crippen LogP contribution in [-0.4, -0.2) is 0 Å². The summed E-state index contributed by atoms with van der Waals surface area (Å²) in [6.07, 6.45) is 0. The summed E-state index contributed by atoms with van der Waals surface area (Å²) in [5.74, 6) is 0.404. The van der Waals surface area contributed by atoms with Gasteiger partial charge in [0.2, 0.25) is 0 Å². The molecular formula is C7H4BrCl3. The molecule has 0 saturated heterocycles. The summed E-state index contributed by atoms with van der Waals surface area (Å²) in [7, 11) is 0. The summed E-state index contributed by atoms with van der Waals surface area (Å²) in [6, 6.07) is 3.45. The fourth-order valence-corrected chi connectivity index (χ4v) is 1.98. The number of halogens is 4. The molecule has 60 valence electrons. The molecule has 0 radical (unpaired) electrons. The zero-order valence-corrected chi connectivity index (χ0v) is 9.23. The van der Waals surface area contributed by atoms with Crippen molar-refractivity contribution in [3.05, 3.63) is 32.2 Å². The summed E-state index contributed by atoms with van der Waals surface area (Å²) in [5, 5.41) is 1.20. The molecule has 1 rings (SSSR count). The first-order chi connectivity index (χ1) is 5.15. The highest BCUT2D eigenvalue weighted by molar-refractivity contribution is 9.10. The van der Waals surface area contributed by atoms with E-state index in [0.29, 0.717) is 15.9 Å². The van der Waals surface area contributed by atoms with Crippen LogP contribution in [0.4, 0.5) is 0 Å². The van der Waals surface area contributed by atoms with Crippen LogP contribution in [0.5, 0.6) is 0 Å². The third-order valence-electron chi connectivity index (χ3n) is 1.21. The maximum absolute atomic E-state index is 5.81. The van der Waals surface area contributed by atoms with Crippen LogP contribution < -0.4 is 0 Å². The fraction of sp³-hybridized carbons (Fsp3) is 0.143. The zero-order valence-electron chi connectivity index (χ0n) is 5.37.